The molecule has 5 heteroatoms. The van der Waals surface area contributed by atoms with Crippen molar-refractivity contribution in [1.29, 1.82) is 0 Å². The van der Waals surface area contributed by atoms with Gasteiger partial charge >= 0.3 is 0 Å². The normalized spacial score (nSPS) is 12.4. The minimum atomic E-state index is -0.703. The first-order valence-electron chi connectivity index (χ1n) is 6.32. The van der Waals surface area contributed by atoms with Gasteiger partial charge in [-0.25, -0.2) is 0 Å². The van der Waals surface area contributed by atoms with Crippen molar-refractivity contribution in [2.75, 3.05) is 6.54 Å². The lowest BCUT2D eigenvalue weighted by Gasteiger charge is -2.14. The molecule has 1 heterocycles. The summed E-state index contributed by atoms with van der Waals surface area (Å²) in [6.07, 6.45) is -0.703. The molecule has 0 aliphatic carbocycles. The molecule has 0 saturated carbocycles. The van der Waals surface area contributed by atoms with Crippen LogP contribution in [0.1, 0.15) is 23.1 Å². The first-order chi connectivity index (χ1) is 9.56. The summed E-state index contributed by atoms with van der Waals surface area (Å²) in [6.45, 7) is 2.93. The molecule has 106 valence electrons. The SMILES string of the molecule is Cc1cccc(CNCC(O)c2cc(Cl)ccc2Cl)n1. The summed E-state index contributed by atoms with van der Waals surface area (Å²) in [5, 5.41) is 14.4. The lowest BCUT2D eigenvalue weighted by atomic mass is 10.1. The lowest BCUT2D eigenvalue weighted by Crippen LogP contribution is -2.21. The van der Waals surface area contributed by atoms with Crippen LogP contribution >= 0.6 is 23.2 Å². The van der Waals surface area contributed by atoms with Gasteiger partial charge in [-0.1, -0.05) is 29.3 Å². The number of aliphatic hydroxyl groups is 1. The second kappa shape index (κ2) is 7.04. The number of aryl methyl sites for hydroxylation is 1. The molecule has 1 aromatic heterocycles. The number of benzene rings is 1. The average molecular weight is 311 g/mol. The van der Waals surface area contributed by atoms with Gasteiger partial charge in [-0.2, -0.15) is 0 Å². The Bertz CT molecular complexity index is 590. The topological polar surface area (TPSA) is 45.1 Å². The van der Waals surface area contributed by atoms with E-state index in [9.17, 15) is 5.11 Å². The number of hydrogen-bond donors (Lipinski definition) is 2. The molecule has 0 radical (unpaired) electrons. The summed E-state index contributed by atoms with van der Waals surface area (Å²) >= 11 is 12.0. The standard InChI is InChI=1S/C15H16Cl2N2O/c1-10-3-2-4-12(19-10)8-18-9-15(20)13-7-11(16)5-6-14(13)17/h2-7,15,18,20H,8-9H2,1H3. The van der Waals surface area contributed by atoms with Gasteiger partial charge < -0.3 is 10.4 Å². The molecule has 0 aliphatic rings. The largest absolute Gasteiger partial charge is 0.387 e. The van der Waals surface area contributed by atoms with Gasteiger partial charge in [0.15, 0.2) is 0 Å². The Labute approximate surface area is 128 Å². The smallest absolute Gasteiger partial charge is 0.0929 e. The van der Waals surface area contributed by atoms with Crippen LogP contribution in [0.3, 0.4) is 0 Å². The molecule has 2 rings (SSSR count). The van der Waals surface area contributed by atoms with Crippen LogP contribution in [0, 0.1) is 6.92 Å². The molecular formula is C15H16Cl2N2O. The number of halogens is 2. The van der Waals surface area contributed by atoms with E-state index in [1.165, 1.54) is 0 Å². The number of aromatic nitrogens is 1. The Hall–Kier alpha value is -1.13. The van der Waals surface area contributed by atoms with Crippen LogP contribution in [-0.4, -0.2) is 16.6 Å². The fourth-order valence-electron chi connectivity index (χ4n) is 1.91. The van der Waals surface area contributed by atoms with Crippen molar-refractivity contribution in [2.24, 2.45) is 0 Å². The second-order valence-corrected chi connectivity index (χ2v) is 5.43. The highest BCUT2D eigenvalue weighted by Crippen LogP contribution is 2.25. The van der Waals surface area contributed by atoms with E-state index >= 15 is 0 Å². The first-order valence-corrected chi connectivity index (χ1v) is 7.08. The van der Waals surface area contributed by atoms with Crippen molar-refractivity contribution in [1.82, 2.24) is 10.3 Å². The van der Waals surface area contributed by atoms with E-state index in [0.717, 1.165) is 11.4 Å². The third kappa shape index (κ3) is 4.18. The van der Waals surface area contributed by atoms with Crippen LogP contribution in [0.2, 0.25) is 10.0 Å². The third-order valence-electron chi connectivity index (χ3n) is 2.91. The molecule has 2 N–H and O–H groups in total. The predicted molar refractivity (Wildman–Crippen MR) is 82.1 cm³/mol. The molecule has 1 unspecified atom stereocenters. The van der Waals surface area contributed by atoms with E-state index in [0.29, 0.717) is 28.7 Å². The van der Waals surface area contributed by atoms with E-state index in [4.69, 9.17) is 23.2 Å². The zero-order valence-electron chi connectivity index (χ0n) is 11.1. The second-order valence-electron chi connectivity index (χ2n) is 4.58. The van der Waals surface area contributed by atoms with Crippen molar-refractivity contribution in [3.05, 3.63) is 63.4 Å². The number of nitrogens with one attached hydrogen (secondary N) is 1. The van der Waals surface area contributed by atoms with Crippen molar-refractivity contribution in [3.63, 3.8) is 0 Å². The predicted octanol–water partition coefficient (Wildman–Crippen LogP) is 3.52. The minimum absolute atomic E-state index is 0.385. The number of aliphatic hydroxyl groups excluding tert-OH is 1. The molecule has 1 atom stereocenters. The fraction of sp³-hybridized carbons (Fsp3) is 0.267. The van der Waals surface area contributed by atoms with Crippen LogP contribution in [0.4, 0.5) is 0 Å². The molecule has 2 aromatic rings. The highest BCUT2D eigenvalue weighted by atomic mass is 35.5. The van der Waals surface area contributed by atoms with Gasteiger partial charge in [0.2, 0.25) is 0 Å². The summed E-state index contributed by atoms with van der Waals surface area (Å²) in [5.74, 6) is 0. The first kappa shape index (κ1) is 15.3. The van der Waals surface area contributed by atoms with Crippen molar-refractivity contribution in [2.45, 2.75) is 19.6 Å². The lowest BCUT2D eigenvalue weighted by molar-refractivity contribution is 0.174. The van der Waals surface area contributed by atoms with Gasteiger partial charge in [-0.3, -0.25) is 4.98 Å². The van der Waals surface area contributed by atoms with Crippen LogP contribution in [0.15, 0.2) is 36.4 Å². The van der Waals surface area contributed by atoms with Crippen molar-refractivity contribution >= 4 is 23.2 Å². The van der Waals surface area contributed by atoms with E-state index in [-0.39, 0.29) is 0 Å². The van der Waals surface area contributed by atoms with Gasteiger partial charge in [0.25, 0.3) is 0 Å². The van der Waals surface area contributed by atoms with Gasteiger partial charge in [0.1, 0.15) is 0 Å². The highest BCUT2D eigenvalue weighted by molar-refractivity contribution is 6.33. The molecule has 0 bridgehead atoms. The Morgan fingerprint density at radius 2 is 2.05 bits per heavy atom. The molecule has 20 heavy (non-hydrogen) atoms. The maximum Gasteiger partial charge on any atom is 0.0929 e. The average Bonchev–Trinajstić information content (AvgIpc) is 2.41. The van der Waals surface area contributed by atoms with Crippen LogP contribution in [-0.2, 0) is 6.54 Å². The minimum Gasteiger partial charge on any atom is -0.387 e. The van der Waals surface area contributed by atoms with E-state index in [2.05, 4.69) is 10.3 Å². The maximum atomic E-state index is 10.1. The molecule has 1 aromatic carbocycles. The fourth-order valence-corrected chi connectivity index (χ4v) is 2.34. The summed E-state index contributed by atoms with van der Waals surface area (Å²) in [5.41, 5.74) is 2.54. The third-order valence-corrected chi connectivity index (χ3v) is 3.49. The quantitative estimate of drug-likeness (QED) is 0.888. The number of hydrogen-bond acceptors (Lipinski definition) is 3. The molecule has 0 fully saturated rings. The zero-order valence-corrected chi connectivity index (χ0v) is 12.6. The molecule has 0 spiro atoms. The van der Waals surface area contributed by atoms with Crippen LogP contribution in [0.5, 0.6) is 0 Å². The van der Waals surface area contributed by atoms with Gasteiger partial charge in [-0.15, -0.1) is 0 Å². The maximum absolute atomic E-state index is 10.1. The van der Waals surface area contributed by atoms with Crippen molar-refractivity contribution in [3.8, 4) is 0 Å². The van der Waals surface area contributed by atoms with Gasteiger partial charge in [-0.05, 0) is 37.3 Å². The summed E-state index contributed by atoms with van der Waals surface area (Å²) < 4.78 is 0. The van der Waals surface area contributed by atoms with Gasteiger partial charge in [0, 0.05) is 34.4 Å². The monoisotopic (exact) mass is 310 g/mol. The Morgan fingerprint density at radius 3 is 2.80 bits per heavy atom. The highest BCUT2D eigenvalue weighted by Gasteiger charge is 2.11. The molecule has 0 amide bonds. The Kier molecular flexibility index (Phi) is 5.38. The summed E-state index contributed by atoms with van der Waals surface area (Å²) in [4.78, 5) is 4.38. The van der Waals surface area contributed by atoms with E-state index in [1.807, 2.05) is 25.1 Å². The Morgan fingerprint density at radius 1 is 1.25 bits per heavy atom. The van der Waals surface area contributed by atoms with Crippen LogP contribution < -0.4 is 5.32 Å². The molecular weight excluding hydrogens is 295 g/mol. The summed E-state index contributed by atoms with van der Waals surface area (Å²) in [7, 11) is 0. The van der Waals surface area contributed by atoms with Gasteiger partial charge in [0.05, 0.1) is 11.8 Å². The Balaban J connectivity index is 1.92. The molecule has 3 nitrogen and oxygen atoms in total. The number of nitrogens with zero attached hydrogens (tertiary/aromatic N) is 1. The van der Waals surface area contributed by atoms with Crippen LogP contribution in [0.25, 0.3) is 0 Å². The summed E-state index contributed by atoms with van der Waals surface area (Å²) in [6, 6.07) is 10.9. The van der Waals surface area contributed by atoms with E-state index in [1.54, 1.807) is 18.2 Å². The molecule has 0 aliphatic heterocycles. The molecule has 0 saturated heterocycles. The number of rotatable bonds is 5. The van der Waals surface area contributed by atoms with Crippen molar-refractivity contribution < 1.29 is 5.11 Å². The zero-order chi connectivity index (χ0) is 14.5. The van der Waals surface area contributed by atoms with E-state index < -0.39 is 6.10 Å². The number of pyridine rings is 1.